The number of methoxy groups -OCH3 is 1. The van der Waals surface area contributed by atoms with Crippen LogP contribution >= 0.6 is 11.6 Å². The number of nitrogens with one attached hydrogen (secondary N) is 2. The lowest BCUT2D eigenvalue weighted by Crippen LogP contribution is -2.52. The Kier molecular flexibility index (Phi) is 6.30. The van der Waals surface area contributed by atoms with Crippen LogP contribution in [0.5, 0.6) is 17.2 Å². The van der Waals surface area contributed by atoms with E-state index >= 15 is 0 Å². The van der Waals surface area contributed by atoms with Crippen LogP contribution in [0.1, 0.15) is 46.9 Å². The molecule has 2 aliphatic heterocycles. The molecule has 0 saturated carbocycles. The first-order valence-corrected chi connectivity index (χ1v) is 11.1. The number of hydrogen-bond donors (Lipinski definition) is 3. The number of carbonyl (C=O) groups excluding carboxylic acids is 1. The second-order valence-corrected chi connectivity index (χ2v) is 8.99. The number of H-pyrrole nitrogens is 1. The van der Waals surface area contributed by atoms with Crippen molar-refractivity contribution in [1.82, 2.24) is 10.3 Å². The fourth-order valence-electron chi connectivity index (χ4n) is 4.20. The van der Waals surface area contributed by atoms with Crippen molar-refractivity contribution in [3.05, 3.63) is 49.9 Å². The smallest absolute Gasteiger partial charge is 0.274 e. The molecule has 2 aromatic rings. The quantitative estimate of drug-likeness (QED) is 0.604. The molecule has 4 N–H and O–H groups in total. The van der Waals surface area contributed by atoms with Gasteiger partial charge >= 0.3 is 0 Å². The van der Waals surface area contributed by atoms with Crippen LogP contribution in [-0.4, -0.2) is 42.5 Å². The van der Waals surface area contributed by atoms with Crippen LogP contribution < -0.4 is 30.8 Å². The summed E-state index contributed by atoms with van der Waals surface area (Å²) >= 11 is 6.47. The molecule has 3 atom stereocenters. The molecular weight excluding hydrogens is 450 g/mol. The summed E-state index contributed by atoms with van der Waals surface area (Å²) in [4.78, 5) is 28.0. The summed E-state index contributed by atoms with van der Waals surface area (Å²) < 4.78 is 23.4. The molecule has 1 unspecified atom stereocenters. The maximum atomic E-state index is 13.0. The highest BCUT2D eigenvalue weighted by molar-refractivity contribution is 6.33. The van der Waals surface area contributed by atoms with Crippen LogP contribution in [0.4, 0.5) is 0 Å². The molecule has 4 rings (SSSR count). The number of aryl methyl sites for hydroxylation is 1. The first kappa shape index (κ1) is 23.4. The highest BCUT2D eigenvalue weighted by Crippen LogP contribution is 2.49. The summed E-state index contributed by atoms with van der Waals surface area (Å²) in [5.41, 5.74) is 7.49. The Hall–Kier alpha value is -2.75. The molecule has 10 heteroatoms. The minimum atomic E-state index is -1.07. The number of benzene rings is 1. The summed E-state index contributed by atoms with van der Waals surface area (Å²) in [5, 5.41) is 3.02. The lowest BCUT2D eigenvalue weighted by molar-refractivity contribution is -0.184. The van der Waals surface area contributed by atoms with Crippen molar-refractivity contribution in [3.8, 4) is 17.2 Å². The molecule has 178 valence electrons. The van der Waals surface area contributed by atoms with Crippen molar-refractivity contribution in [3.63, 3.8) is 0 Å². The Bertz CT molecular complexity index is 1140. The second-order valence-electron chi connectivity index (χ2n) is 8.58. The van der Waals surface area contributed by atoms with Crippen molar-refractivity contribution in [2.75, 3.05) is 13.7 Å². The number of fused-ring (bicyclic) bond motifs is 1. The molecule has 1 saturated heterocycles. The van der Waals surface area contributed by atoms with Gasteiger partial charge in [-0.2, -0.15) is 0 Å². The van der Waals surface area contributed by atoms with Crippen LogP contribution in [-0.2, 0) is 11.3 Å². The summed E-state index contributed by atoms with van der Waals surface area (Å²) in [6, 6.07) is 3.23. The molecule has 1 aromatic carbocycles. The van der Waals surface area contributed by atoms with E-state index in [2.05, 4.69) is 10.3 Å². The van der Waals surface area contributed by atoms with Crippen molar-refractivity contribution in [1.29, 1.82) is 0 Å². The van der Waals surface area contributed by atoms with E-state index in [4.69, 9.17) is 36.3 Å². The zero-order valence-electron chi connectivity index (χ0n) is 19.0. The van der Waals surface area contributed by atoms with Crippen LogP contribution in [0.25, 0.3) is 0 Å². The lowest BCUT2D eigenvalue weighted by Gasteiger charge is -2.36. The lowest BCUT2D eigenvalue weighted by atomic mass is 10.00. The van der Waals surface area contributed by atoms with E-state index in [0.29, 0.717) is 52.7 Å². The zero-order chi connectivity index (χ0) is 23.9. The number of rotatable bonds is 5. The highest BCUT2D eigenvalue weighted by Gasteiger charge is 2.48. The first-order chi connectivity index (χ1) is 15.6. The third-order valence-corrected chi connectivity index (χ3v) is 6.35. The van der Waals surface area contributed by atoms with Crippen molar-refractivity contribution in [2.45, 2.75) is 58.1 Å². The maximum absolute atomic E-state index is 13.0. The SMILES string of the molecule is COc1cc(C)[nH]c(=O)c1CNC(=O)c1cc(Cl)c2c(c1C)OC(C)([C@@H]1CC[C@@H](N)CO1)O2. The molecule has 0 spiro atoms. The highest BCUT2D eigenvalue weighted by atomic mass is 35.5. The Labute approximate surface area is 196 Å². The number of pyridine rings is 1. The van der Waals surface area contributed by atoms with E-state index in [9.17, 15) is 9.59 Å². The van der Waals surface area contributed by atoms with Gasteiger partial charge in [0.2, 0.25) is 0 Å². The molecule has 1 amide bonds. The van der Waals surface area contributed by atoms with Crippen LogP contribution in [0.2, 0.25) is 5.02 Å². The standard InChI is InChI=1S/C23H28ClN3O6/c1-11-7-17(30-4)15(22(29)27-11)9-26-21(28)14-8-16(24)20-19(12(14)2)32-23(3,33-20)18-6-5-13(25)10-31-18/h7-8,13,18H,5-6,9-10,25H2,1-4H3,(H,26,28)(H,27,29)/t13-,18+,23?/m1/s1. The van der Waals surface area contributed by atoms with Crippen LogP contribution in [0.15, 0.2) is 16.9 Å². The largest absolute Gasteiger partial charge is 0.496 e. The topological polar surface area (TPSA) is 125 Å². The maximum Gasteiger partial charge on any atom is 0.274 e. The van der Waals surface area contributed by atoms with Gasteiger partial charge in [-0.05, 0) is 38.8 Å². The van der Waals surface area contributed by atoms with Gasteiger partial charge in [0.05, 0.1) is 30.8 Å². The summed E-state index contributed by atoms with van der Waals surface area (Å²) in [7, 11) is 1.47. The first-order valence-electron chi connectivity index (χ1n) is 10.8. The Morgan fingerprint density at radius 1 is 1.30 bits per heavy atom. The van der Waals surface area contributed by atoms with E-state index < -0.39 is 11.7 Å². The van der Waals surface area contributed by atoms with E-state index in [-0.39, 0.29) is 29.3 Å². The number of nitrogens with two attached hydrogens (primary N) is 1. The number of hydrogen-bond acceptors (Lipinski definition) is 7. The third-order valence-electron chi connectivity index (χ3n) is 6.06. The summed E-state index contributed by atoms with van der Waals surface area (Å²) in [5.74, 6) is -0.298. The van der Waals surface area contributed by atoms with Gasteiger partial charge in [-0.1, -0.05) is 11.6 Å². The van der Waals surface area contributed by atoms with Gasteiger partial charge in [0.1, 0.15) is 11.9 Å². The number of aromatic amines is 1. The van der Waals surface area contributed by atoms with E-state index in [0.717, 1.165) is 6.42 Å². The molecule has 1 fully saturated rings. The fraction of sp³-hybridized carbons (Fsp3) is 0.478. The van der Waals surface area contributed by atoms with Gasteiger partial charge in [-0.25, -0.2) is 0 Å². The van der Waals surface area contributed by atoms with E-state index in [1.165, 1.54) is 13.2 Å². The molecule has 9 nitrogen and oxygen atoms in total. The molecule has 0 bridgehead atoms. The molecule has 2 aliphatic rings. The number of aromatic nitrogens is 1. The van der Waals surface area contributed by atoms with Crippen LogP contribution in [0.3, 0.4) is 0 Å². The second kappa shape index (κ2) is 8.89. The predicted octanol–water partition coefficient (Wildman–Crippen LogP) is 2.58. The molecule has 0 aliphatic carbocycles. The number of halogens is 1. The van der Waals surface area contributed by atoms with Gasteiger partial charge in [0.15, 0.2) is 11.5 Å². The molecule has 0 radical (unpaired) electrons. The monoisotopic (exact) mass is 477 g/mol. The van der Waals surface area contributed by atoms with Gasteiger partial charge in [-0.3, -0.25) is 9.59 Å². The van der Waals surface area contributed by atoms with E-state index in [1.54, 1.807) is 26.8 Å². The van der Waals surface area contributed by atoms with Crippen LogP contribution in [0, 0.1) is 13.8 Å². The Balaban J connectivity index is 1.55. The molecule has 3 heterocycles. The van der Waals surface area contributed by atoms with Gasteiger partial charge < -0.3 is 35.0 Å². The minimum Gasteiger partial charge on any atom is -0.496 e. The molecular formula is C23H28ClN3O6. The third kappa shape index (κ3) is 4.40. The number of carbonyl (C=O) groups is 1. The average molecular weight is 478 g/mol. The summed E-state index contributed by atoms with van der Waals surface area (Å²) in [6.07, 6.45) is 1.16. The molecule has 33 heavy (non-hydrogen) atoms. The van der Waals surface area contributed by atoms with Crippen molar-refractivity contribution >= 4 is 17.5 Å². The average Bonchev–Trinajstić information content (AvgIpc) is 3.15. The molecule has 1 aromatic heterocycles. The van der Waals surface area contributed by atoms with Crippen molar-refractivity contribution in [2.24, 2.45) is 5.73 Å². The fourth-order valence-corrected chi connectivity index (χ4v) is 4.43. The minimum absolute atomic E-state index is 0.00589. The number of ether oxygens (including phenoxy) is 4. The van der Waals surface area contributed by atoms with E-state index in [1.807, 2.05) is 0 Å². The Morgan fingerprint density at radius 2 is 2.03 bits per heavy atom. The zero-order valence-corrected chi connectivity index (χ0v) is 19.8. The normalized spacial score (nSPS) is 23.9. The van der Waals surface area contributed by atoms with Gasteiger partial charge in [-0.15, -0.1) is 0 Å². The van der Waals surface area contributed by atoms with Gasteiger partial charge in [0, 0.05) is 29.8 Å². The van der Waals surface area contributed by atoms with Gasteiger partial charge in [0.25, 0.3) is 17.3 Å². The summed E-state index contributed by atoms with van der Waals surface area (Å²) in [6.45, 7) is 5.71. The Morgan fingerprint density at radius 3 is 2.70 bits per heavy atom. The predicted molar refractivity (Wildman–Crippen MR) is 122 cm³/mol. The van der Waals surface area contributed by atoms with Crippen molar-refractivity contribution < 1.29 is 23.7 Å². The number of amides is 1.